The Bertz CT molecular complexity index is 1750. The molecular weight excluding hydrogens is 659 g/mol. The van der Waals surface area contributed by atoms with Crippen LogP contribution in [0.3, 0.4) is 0 Å². The van der Waals surface area contributed by atoms with Crippen LogP contribution in [0, 0.1) is 11.6 Å². The molecule has 15 heteroatoms. The average Bonchev–Trinajstić information content (AvgIpc) is 3.47. The predicted octanol–water partition coefficient (Wildman–Crippen LogP) is 7.03. The molecule has 1 atom stereocenters. The molecule has 0 saturated carbocycles. The Balaban J connectivity index is 0.00000520. The monoisotopic (exact) mass is 692 g/mol. The van der Waals surface area contributed by atoms with E-state index < -0.39 is 35.4 Å². The molecule has 0 radical (unpaired) electrons. The molecule has 2 aromatic heterocycles. The minimum atomic E-state index is -4.67. The molecule has 3 heterocycles. The molecule has 1 aliphatic rings. The van der Waals surface area contributed by atoms with Gasteiger partial charge in [0.05, 0.1) is 48.5 Å². The van der Waals surface area contributed by atoms with E-state index in [-0.39, 0.29) is 60.6 Å². The second kappa shape index (κ2) is 15.6. The van der Waals surface area contributed by atoms with Gasteiger partial charge < -0.3 is 19.4 Å². The van der Waals surface area contributed by atoms with Gasteiger partial charge in [0.1, 0.15) is 17.3 Å². The van der Waals surface area contributed by atoms with Crippen molar-refractivity contribution in [1.29, 1.82) is 0 Å². The van der Waals surface area contributed by atoms with Gasteiger partial charge in [-0.15, -0.1) is 12.4 Å². The van der Waals surface area contributed by atoms with Crippen LogP contribution in [-0.2, 0) is 22.3 Å². The first-order valence-electron chi connectivity index (χ1n) is 14.9. The maximum absolute atomic E-state index is 14.5. The summed E-state index contributed by atoms with van der Waals surface area (Å²) in [6.45, 7) is 2.93. The van der Waals surface area contributed by atoms with Crippen molar-refractivity contribution in [3.05, 3.63) is 88.9 Å². The van der Waals surface area contributed by atoms with Gasteiger partial charge in [0.15, 0.2) is 17.7 Å². The SMILES string of the molecule is CCCOc1ccc(-c2ccc(C(C(=O)OCCCN(C)C)N3Cc4[nH]c(-c5cccc(F)c5F)nc4C=N3)cn2)c(C(F)(F)F)c1.Cl. The van der Waals surface area contributed by atoms with Gasteiger partial charge in [-0.1, -0.05) is 19.1 Å². The lowest BCUT2D eigenvalue weighted by Gasteiger charge is -2.29. The third-order valence-electron chi connectivity index (χ3n) is 7.33. The number of aromatic nitrogens is 3. The molecule has 1 aliphatic heterocycles. The molecule has 5 rings (SSSR count). The Kier molecular flexibility index (Phi) is 11.8. The molecule has 0 saturated heterocycles. The molecule has 256 valence electrons. The summed E-state index contributed by atoms with van der Waals surface area (Å²) in [5, 5.41) is 5.81. The molecule has 0 aliphatic carbocycles. The summed E-state index contributed by atoms with van der Waals surface area (Å²) in [5.41, 5.74) is 0.0953. The fraction of sp³-hybridized carbons (Fsp3) is 0.333. The van der Waals surface area contributed by atoms with Crippen molar-refractivity contribution in [1.82, 2.24) is 24.9 Å². The van der Waals surface area contributed by atoms with E-state index >= 15 is 0 Å². The lowest BCUT2D eigenvalue weighted by molar-refractivity contribution is -0.151. The Labute approximate surface area is 280 Å². The fourth-order valence-corrected chi connectivity index (χ4v) is 5.03. The van der Waals surface area contributed by atoms with Crippen molar-refractivity contribution in [3.8, 4) is 28.4 Å². The summed E-state index contributed by atoms with van der Waals surface area (Å²) in [7, 11) is 3.78. The van der Waals surface area contributed by atoms with Crippen LogP contribution in [0.15, 0.2) is 59.8 Å². The highest BCUT2D eigenvalue weighted by Crippen LogP contribution is 2.39. The van der Waals surface area contributed by atoms with Crippen LogP contribution in [0.2, 0.25) is 0 Å². The van der Waals surface area contributed by atoms with Crippen LogP contribution >= 0.6 is 12.4 Å². The van der Waals surface area contributed by atoms with Gasteiger partial charge >= 0.3 is 12.1 Å². The molecule has 0 amide bonds. The first-order chi connectivity index (χ1) is 22.5. The van der Waals surface area contributed by atoms with Crippen LogP contribution < -0.4 is 4.74 Å². The average molecular weight is 693 g/mol. The molecule has 0 fully saturated rings. The topological polar surface area (TPSA) is 95.9 Å². The zero-order valence-corrected chi connectivity index (χ0v) is 27.2. The van der Waals surface area contributed by atoms with Gasteiger partial charge in [0.25, 0.3) is 0 Å². The molecule has 48 heavy (non-hydrogen) atoms. The number of rotatable bonds is 12. The van der Waals surface area contributed by atoms with Gasteiger partial charge in [0, 0.05) is 23.9 Å². The first-order valence-corrected chi connectivity index (χ1v) is 14.9. The third-order valence-corrected chi connectivity index (χ3v) is 7.33. The fourth-order valence-electron chi connectivity index (χ4n) is 5.03. The minimum absolute atomic E-state index is 0. The van der Waals surface area contributed by atoms with Crippen LogP contribution in [0.25, 0.3) is 22.6 Å². The van der Waals surface area contributed by atoms with Gasteiger partial charge in [-0.3, -0.25) is 9.99 Å². The van der Waals surface area contributed by atoms with E-state index in [0.29, 0.717) is 36.3 Å². The van der Waals surface area contributed by atoms with Gasteiger partial charge in [0.2, 0.25) is 0 Å². The summed E-state index contributed by atoms with van der Waals surface area (Å²) >= 11 is 0. The maximum Gasteiger partial charge on any atom is 0.417 e. The van der Waals surface area contributed by atoms with E-state index in [1.54, 1.807) is 0 Å². The number of nitrogens with zero attached hydrogens (tertiary/aromatic N) is 5. The number of aromatic amines is 1. The van der Waals surface area contributed by atoms with E-state index in [9.17, 15) is 26.7 Å². The molecular formula is C33H34ClF5N6O3. The second-order valence-electron chi connectivity index (χ2n) is 11.1. The van der Waals surface area contributed by atoms with E-state index in [1.807, 2.05) is 25.9 Å². The molecule has 2 aromatic carbocycles. The number of hydrazone groups is 1. The Morgan fingerprint density at radius 2 is 1.88 bits per heavy atom. The lowest BCUT2D eigenvalue weighted by atomic mass is 10.0. The molecule has 9 nitrogen and oxygen atoms in total. The van der Waals surface area contributed by atoms with Crippen LogP contribution in [0.1, 0.15) is 48.3 Å². The summed E-state index contributed by atoms with van der Waals surface area (Å²) in [5.74, 6) is -2.55. The minimum Gasteiger partial charge on any atom is -0.494 e. The first kappa shape index (κ1) is 36.3. The number of pyridine rings is 1. The number of hydrogen-bond donors (Lipinski definition) is 1. The van der Waals surface area contributed by atoms with E-state index in [4.69, 9.17) is 9.47 Å². The number of halogens is 6. The highest BCUT2D eigenvalue weighted by atomic mass is 35.5. The molecule has 1 unspecified atom stereocenters. The van der Waals surface area contributed by atoms with Crippen molar-refractivity contribution < 1.29 is 36.2 Å². The number of alkyl halides is 3. The largest absolute Gasteiger partial charge is 0.494 e. The zero-order chi connectivity index (χ0) is 33.7. The van der Waals surface area contributed by atoms with Gasteiger partial charge in [-0.2, -0.15) is 18.3 Å². The van der Waals surface area contributed by atoms with E-state index in [2.05, 4.69) is 20.1 Å². The Hall–Kier alpha value is -4.56. The van der Waals surface area contributed by atoms with Crippen molar-refractivity contribution in [2.45, 2.75) is 38.5 Å². The summed E-state index contributed by atoms with van der Waals surface area (Å²) in [6.07, 6.45) is -0.772. The molecule has 0 bridgehead atoms. The number of hydrogen-bond acceptors (Lipinski definition) is 8. The van der Waals surface area contributed by atoms with Crippen molar-refractivity contribution in [3.63, 3.8) is 0 Å². The highest BCUT2D eigenvalue weighted by molar-refractivity contribution is 5.85. The zero-order valence-electron chi connectivity index (χ0n) is 26.4. The number of carbonyl (C=O) groups is 1. The van der Waals surface area contributed by atoms with Crippen LogP contribution in [0.5, 0.6) is 5.75 Å². The molecule has 1 N–H and O–H groups in total. The number of ether oxygens (including phenoxy) is 2. The second-order valence-corrected chi connectivity index (χ2v) is 11.1. The Morgan fingerprint density at radius 3 is 2.56 bits per heavy atom. The maximum atomic E-state index is 14.5. The summed E-state index contributed by atoms with van der Waals surface area (Å²) < 4.78 is 81.5. The number of fused-ring (bicyclic) bond motifs is 1. The number of H-pyrrole nitrogens is 1. The number of imidazole rings is 1. The van der Waals surface area contributed by atoms with Crippen molar-refractivity contribution in [2.24, 2.45) is 5.10 Å². The van der Waals surface area contributed by atoms with Crippen molar-refractivity contribution in [2.75, 3.05) is 33.9 Å². The Morgan fingerprint density at radius 1 is 1.08 bits per heavy atom. The summed E-state index contributed by atoms with van der Waals surface area (Å²) in [4.78, 5) is 27.1. The van der Waals surface area contributed by atoms with E-state index in [0.717, 1.165) is 12.1 Å². The van der Waals surface area contributed by atoms with Gasteiger partial charge in [-0.05, 0) is 63.3 Å². The number of nitrogens with one attached hydrogen (secondary N) is 1. The van der Waals surface area contributed by atoms with Gasteiger partial charge in [-0.25, -0.2) is 18.6 Å². The van der Waals surface area contributed by atoms with Crippen LogP contribution in [-0.4, -0.2) is 70.9 Å². The normalized spacial score (nSPS) is 13.2. The van der Waals surface area contributed by atoms with E-state index in [1.165, 1.54) is 53.8 Å². The standard InChI is InChI=1S/C33H33F5N6O3.ClH/c1-4-14-46-21-10-11-22(24(16-21)33(36,37)38)26-12-9-20(17-39-26)30(32(45)47-15-6-13-43(2)3)44-19-28-27(18-40-44)41-31(42-28)23-7-5-8-25(34)29(23)35;/h5,7-12,16-18,30H,4,6,13-15,19H2,1-3H3,(H,41,42);1H. The lowest BCUT2D eigenvalue weighted by Crippen LogP contribution is -2.34. The predicted molar refractivity (Wildman–Crippen MR) is 172 cm³/mol. The van der Waals surface area contributed by atoms with Crippen LogP contribution in [0.4, 0.5) is 22.0 Å². The number of benzene rings is 2. The molecule has 4 aromatic rings. The summed E-state index contributed by atoms with van der Waals surface area (Å²) in [6, 6.07) is 9.22. The number of carbonyl (C=O) groups excluding carboxylic acids is 1. The third kappa shape index (κ3) is 8.29. The smallest absolute Gasteiger partial charge is 0.417 e. The van der Waals surface area contributed by atoms with Crippen molar-refractivity contribution >= 4 is 24.6 Å². The molecule has 0 spiro atoms. The number of esters is 1. The quantitative estimate of drug-likeness (QED) is 0.0968. The highest BCUT2D eigenvalue weighted by Gasteiger charge is 2.36.